The lowest BCUT2D eigenvalue weighted by molar-refractivity contribution is 0.631. The predicted molar refractivity (Wildman–Crippen MR) is 627 cm³/mol. The van der Waals surface area contributed by atoms with Crippen LogP contribution in [0.25, 0.3) is 120 Å². The molecule has 2 aromatic heterocycles. The van der Waals surface area contributed by atoms with Crippen molar-refractivity contribution in [1.82, 2.24) is 9.13 Å². The van der Waals surface area contributed by atoms with Gasteiger partial charge in [-0.05, 0) is 317 Å². The van der Waals surface area contributed by atoms with Gasteiger partial charge in [-0.1, -0.05) is 330 Å². The quantitative estimate of drug-likeness (QED) is 0.112. The van der Waals surface area contributed by atoms with Gasteiger partial charge >= 0.3 is 0 Å². The Morgan fingerprint density at radius 3 is 0.703 bits per heavy atom. The van der Waals surface area contributed by atoms with Crippen molar-refractivity contribution in [3.05, 3.63) is 532 Å². The molecule has 6 heterocycles. The summed E-state index contributed by atoms with van der Waals surface area (Å²) >= 11 is 3.68. The zero-order chi connectivity index (χ0) is 98.1. The summed E-state index contributed by atoms with van der Waals surface area (Å²) in [5.74, 6) is 0. The maximum atomic E-state index is 2.52. The van der Waals surface area contributed by atoms with Crippen LogP contribution in [0.3, 0.4) is 0 Å². The van der Waals surface area contributed by atoms with E-state index in [4.69, 9.17) is 0 Å². The molecule has 10 heteroatoms. The zero-order valence-corrected chi connectivity index (χ0v) is 83.5. The summed E-state index contributed by atoms with van der Waals surface area (Å²) < 4.78 is 4.89. The molecule has 0 atom stereocenters. The highest BCUT2D eigenvalue weighted by Gasteiger charge is 2.41. The second-order valence-electron chi connectivity index (χ2n) is 40.2. The van der Waals surface area contributed by atoms with Crippen LogP contribution in [-0.2, 0) is 10.8 Å². The van der Waals surface area contributed by atoms with E-state index in [1.807, 2.05) is 23.5 Å². The van der Waals surface area contributed by atoms with Crippen molar-refractivity contribution in [2.24, 2.45) is 0 Å². The van der Waals surface area contributed by atoms with E-state index in [0.717, 1.165) is 68.2 Å². The third-order valence-corrected chi connectivity index (χ3v) is 33.6. The van der Waals surface area contributed by atoms with Gasteiger partial charge in [0.15, 0.2) is 0 Å². The summed E-state index contributed by atoms with van der Waals surface area (Å²) in [4.78, 5) is 19.5. The molecule has 0 amide bonds. The topological polar surface area (TPSA) is 29.3 Å². The van der Waals surface area contributed by atoms with Crippen molar-refractivity contribution < 1.29 is 0 Å². The van der Waals surface area contributed by atoms with Gasteiger partial charge in [0.25, 0.3) is 0 Å². The molecule has 4 aliphatic rings. The van der Waals surface area contributed by atoms with E-state index in [0.29, 0.717) is 0 Å². The summed E-state index contributed by atoms with van der Waals surface area (Å²) in [7, 11) is 0. The van der Waals surface area contributed by atoms with Crippen LogP contribution >= 0.6 is 23.5 Å². The van der Waals surface area contributed by atoms with E-state index in [1.54, 1.807) is 0 Å². The fourth-order valence-corrected chi connectivity index (χ4v) is 26.8. The maximum Gasteiger partial charge on any atom is 0.0603 e. The smallest absolute Gasteiger partial charge is 0.0603 e. The third kappa shape index (κ3) is 13.7. The molecule has 0 spiro atoms. The molecule has 0 unspecified atom stereocenters. The van der Waals surface area contributed by atoms with E-state index in [1.165, 1.54) is 196 Å². The minimum atomic E-state index is -0.272. The van der Waals surface area contributed by atoms with Crippen LogP contribution in [0.1, 0.15) is 49.9 Å². The van der Waals surface area contributed by atoms with Crippen molar-refractivity contribution in [1.29, 1.82) is 0 Å². The molecule has 148 heavy (non-hydrogen) atoms. The fourth-order valence-electron chi connectivity index (χ4n) is 24.6. The van der Waals surface area contributed by atoms with Gasteiger partial charge in [-0.3, -0.25) is 0 Å². The normalized spacial score (nSPS) is 13.5. The van der Waals surface area contributed by atoms with Crippen molar-refractivity contribution in [2.75, 3.05) is 29.4 Å². The van der Waals surface area contributed by atoms with E-state index in [9.17, 15) is 0 Å². The van der Waals surface area contributed by atoms with Gasteiger partial charge in [-0.15, -0.1) is 0 Å². The van der Waals surface area contributed by atoms with Gasteiger partial charge < -0.3 is 38.5 Å². The maximum absolute atomic E-state index is 2.52. The van der Waals surface area contributed by atoms with Crippen LogP contribution in [0.2, 0.25) is 0 Å². The highest BCUT2D eigenvalue weighted by Crippen LogP contribution is 2.61. The first kappa shape index (κ1) is 86.6. The Bertz CT molecular complexity index is 9190. The van der Waals surface area contributed by atoms with E-state index >= 15 is 0 Å². The number of aromatic nitrogens is 2. The molecule has 0 saturated carbocycles. The van der Waals surface area contributed by atoms with Crippen molar-refractivity contribution >= 4 is 234 Å². The number of rotatable bonds is 12. The van der Waals surface area contributed by atoms with Gasteiger partial charge in [0.2, 0.25) is 0 Å². The standard InChI is InChI=1S/C72H52N4.C66H44N4S2/c1-71(2)59-25-11-17-31-67(59)75(69-39-35-47(43-61(69)71)73-63-27-13-7-21-53(63)54-22-8-14-28-64(54)73)45-33-37-51-49-19-5-6-20-50(49)52-38-34-46(42-58(52)57(51)41-45)76-68-32-18-12-26-60(68)72(3,4)62-44-48(36-40-70(62)76)74-65-29-15-9-23-55(65)56-24-10-16-30-66(56)74;1-5-19-45(20-6-1)67(46-21-7-2-8-22-46)51-35-39-61-65(43-51)71-63-31-17-15-29-59(63)69(61)49-33-37-55-53-27-13-14-28-54(53)56-38-34-50(42-58(56)57(55)41-49)70-60-30-16-18-32-64(60)72-66-44-52(36-40-62(66)70)68(47-23-9-3-10-24-47)48-25-11-4-12-26-48/h5-44H,1-4H3;1-44H. The first-order valence-corrected chi connectivity index (χ1v) is 52.6. The van der Waals surface area contributed by atoms with Crippen LogP contribution in [-0.4, -0.2) is 9.13 Å². The Morgan fingerprint density at radius 2 is 0.385 bits per heavy atom. The lowest BCUT2D eigenvalue weighted by atomic mass is 9.73. The molecule has 0 aliphatic carbocycles. The summed E-state index contributed by atoms with van der Waals surface area (Å²) in [6, 6.07) is 188. The number of fused-ring (bicyclic) bond motifs is 26. The van der Waals surface area contributed by atoms with E-state index in [-0.39, 0.29) is 10.8 Å². The van der Waals surface area contributed by atoms with Crippen molar-refractivity contribution in [3.63, 3.8) is 0 Å². The lowest BCUT2D eigenvalue weighted by Gasteiger charge is -2.42. The molecule has 0 N–H and O–H groups in total. The number of hydrogen-bond donors (Lipinski definition) is 0. The van der Waals surface area contributed by atoms with Crippen LogP contribution in [0, 0.1) is 0 Å². The number of hydrogen-bond acceptors (Lipinski definition) is 8. The molecule has 0 fully saturated rings. The van der Waals surface area contributed by atoms with Crippen LogP contribution in [0.15, 0.2) is 529 Å². The molecule has 0 radical (unpaired) electrons. The van der Waals surface area contributed by atoms with Gasteiger partial charge in [-0.25, -0.2) is 0 Å². The zero-order valence-electron chi connectivity index (χ0n) is 81.9. The molecule has 26 aromatic rings. The van der Waals surface area contributed by atoms with Crippen molar-refractivity contribution in [2.45, 2.75) is 58.1 Å². The second kappa shape index (κ2) is 34.3. The minimum absolute atomic E-state index is 0.272. The largest absolute Gasteiger partial charge is 0.310 e. The SMILES string of the molecule is CC1(C)c2ccccc2N(c2ccc3c4ccccc4c4ccc(N5c6ccccc6C(C)(C)c6cc(-n7c8ccccc8c8ccccc87)ccc65)cc4c3c2)c2ccc(-n3c4ccccc4c4ccccc43)cc21.c1ccc(N(c2ccccc2)c2ccc3c(c2)Sc2ccccc2N3c2ccc3c4ccccc4c4ccc(N5c6ccccc6Sc6cc(N(c7ccccc7)c7ccccc7)ccc65)cc4c3c2)cc1. The number of anilines is 18. The molecule has 8 nitrogen and oxygen atoms in total. The Balaban J connectivity index is 0.000000140. The van der Waals surface area contributed by atoms with Crippen LogP contribution in [0.4, 0.5) is 102 Å². The van der Waals surface area contributed by atoms with Crippen LogP contribution < -0.4 is 29.4 Å². The number of para-hydroxylation sites is 12. The highest BCUT2D eigenvalue weighted by atomic mass is 32.2. The Hall–Kier alpha value is -18.1. The Morgan fingerprint density at radius 1 is 0.155 bits per heavy atom. The molecule has 0 saturated heterocycles. The van der Waals surface area contributed by atoms with Gasteiger partial charge in [0, 0.05) is 120 Å². The van der Waals surface area contributed by atoms with Crippen molar-refractivity contribution in [3.8, 4) is 11.4 Å². The average Bonchev–Trinajstić information content (AvgIpc) is 1.20. The lowest BCUT2D eigenvalue weighted by Crippen LogP contribution is -2.30. The molecular weight excluding hydrogens is 1830 g/mol. The predicted octanol–water partition coefficient (Wildman–Crippen LogP) is 39.5. The third-order valence-electron chi connectivity index (χ3n) is 31.3. The summed E-state index contributed by atoms with van der Waals surface area (Å²) in [5.41, 5.74) is 32.5. The Labute approximate surface area is 867 Å². The Kier molecular flexibility index (Phi) is 20.1. The van der Waals surface area contributed by atoms with Crippen LogP contribution in [0.5, 0.6) is 0 Å². The minimum Gasteiger partial charge on any atom is -0.310 e. The van der Waals surface area contributed by atoms with Gasteiger partial charge in [0.05, 0.1) is 67.6 Å². The molecule has 4 aliphatic heterocycles. The molecule has 30 rings (SSSR count). The number of nitrogens with zero attached hydrogens (tertiary/aromatic N) is 8. The van der Waals surface area contributed by atoms with Gasteiger partial charge in [0.1, 0.15) is 0 Å². The fraction of sp³-hybridized carbons (Fsp3) is 0.0435. The second-order valence-corrected chi connectivity index (χ2v) is 42.4. The molecule has 0 bridgehead atoms. The first-order valence-electron chi connectivity index (χ1n) is 51.0. The molecule has 700 valence electrons. The summed E-state index contributed by atoms with van der Waals surface area (Å²) in [6.07, 6.45) is 0. The average molecular weight is 1930 g/mol. The number of benzene rings is 24. The molecule has 24 aromatic carbocycles. The summed E-state index contributed by atoms with van der Waals surface area (Å²) in [6.45, 7) is 9.57. The van der Waals surface area contributed by atoms with E-state index in [2.05, 4.69) is 576 Å². The first-order chi connectivity index (χ1) is 72.9. The monoisotopic (exact) mass is 1930 g/mol. The molecular formula is C138H96N8S2. The summed E-state index contributed by atoms with van der Waals surface area (Å²) in [5, 5.41) is 19.9. The van der Waals surface area contributed by atoms with E-state index < -0.39 is 0 Å². The highest BCUT2D eigenvalue weighted by molar-refractivity contribution is 8.00. The van der Waals surface area contributed by atoms with Gasteiger partial charge in [-0.2, -0.15) is 0 Å².